The molecule has 0 fully saturated rings. The number of hydrogen-bond acceptors (Lipinski definition) is 2. The molecule has 3 heteroatoms. The molecule has 2 aromatic carbocycles. The van der Waals surface area contributed by atoms with Crippen molar-refractivity contribution in [1.82, 2.24) is 0 Å². The zero-order valence-corrected chi connectivity index (χ0v) is 11.9. The molecule has 1 heterocycles. The summed E-state index contributed by atoms with van der Waals surface area (Å²) in [6, 6.07) is 12.0. The van der Waals surface area contributed by atoms with Gasteiger partial charge >= 0.3 is 0 Å². The van der Waals surface area contributed by atoms with Crippen LogP contribution in [0.1, 0.15) is 23.1 Å². The number of nitrogens with one attached hydrogen (secondary N) is 1. The highest BCUT2D eigenvalue weighted by Crippen LogP contribution is 2.36. The maximum atomic E-state index is 13.8. The molecule has 0 aromatic heterocycles. The summed E-state index contributed by atoms with van der Waals surface area (Å²) in [4.78, 5) is 0. The molecule has 4 rings (SSSR count). The van der Waals surface area contributed by atoms with Crippen molar-refractivity contribution in [3.05, 3.63) is 58.9 Å². The number of aryl methyl sites for hydroxylation is 1. The molecule has 2 aromatic rings. The zero-order chi connectivity index (χ0) is 14.2. The van der Waals surface area contributed by atoms with Gasteiger partial charge in [-0.25, -0.2) is 4.39 Å². The lowest BCUT2D eigenvalue weighted by Crippen LogP contribution is -2.21. The van der Waals surface area contributed by atoms with E-state index in [9.17, 15) is 4.39 Å². The molecule has 1 aliphatic carbocycles. The van der Waals surface area contributed by atoms with E-state index < -0.39 is 0 Å². The van der Waals surface area contributed by atoms with E-state index in [0.717, 1.165) is 49.3 Å². The number of ether oxygens (including phenoxy) is 1. The van der Waals surface area contributed by atoms with E-state index in [1.165, 1.54) is 11.1 Å². The Balaban J connectivity index is 1.60. The highest BCUT2D eigenvalue weighted by Gasteiger charge is 2.23. The van der Waals surface area contributed by atoms with Crippen LogP contribution in [-0.2, 0) is 19.3 Å². The van der Waals surface area contributed by atoms with Gasteiger partial charge in [-0.3, -0.25) is 0 Å². The van der Waals surface area contributed by atoms with Gasteiger partial charge in [-0.1, -0.05) is 24.3 Å². The van der Waals surface area contributed by atoms with Crippen molar-refractivity contribution < 1.29 is 9.13 Å². The first-order valence-corrected chi connectivity index (χ1v) is 7.58. The second kappa shape index (κ2) is 5.06. The van der Waals surface area contributed by atoms with Crippen molar-refractivity contribution in [2.24, 2.45) is 0 Å². The number of benzene rings is 2. The van der Waals surface area contributed by atoms with Crippen molar-refractivity contribution in [2.45, 2.75) is 31.7 Å². The maximum absolute atomic E-state index is 13.8. The molecule has 0 saturated heterocycles. The Kier molecular flexibility index (Phi) is 3.06. The Morgan fingerprint density at radius 3 is 2.57 bits per heavy atom. The second-order valence-electron chi connectivity index (χ2n) is 5.91. The molecule has 108 valence electrons. The summed E-state index contributed by atoms with van der Waals surface area (Å²) in [6.45, 7) is 0.720. The molecule has 0 saturated carbocycles. The fraction of sp³-hybridized carbons (Fsp3) is 0.333. The molecular weight excluding hydrogens is 265 g/mol. The smallest absolute Gasteiger partial charge is 0.145 e. The van der Waals surface area contributed by atoms with Crippen molar-refractivity contribution in [3.8, 4) is 5.75 Å². The van der Waals surface area contributed by atoms with E-state index in [2.05, 4.69) is 29.6 Å². The quantitative estimate of drug-likeness (QED) is 0.906. The Bertz CT molecular complexity index is 658. The third-order valence-corrected chi connectivity index (χ3v) is 4.38. The number of hydrogen-bond donors (Lipinski definition) is 1. The van der Waals surface area contributed by atoms with Crippen LogP contribution < -0.4 is 10.1 Å². The lowest BCUT2D eigenvalue weighted by molar-refractivity contribution is 0.289. The Hall–Kier alpha value is -2.03. The SMILES string of the molecule is Fc1cc2c(c(NC3Cc4ccccc4C3)c1)OCCC2. The molecule has 1 aliphatic heterocycles. The van der Waals surface area contributed by atoms with Crippen molar-refractivity contribution >= 4 is 5.69 Å². The van der Waals surface area contributed by atoms with Crippen LogP contribution in [0.5, 0.6) is 5.75 Å². The molecular formula is C18H18FNO. The number of fused-ring (bicyclic) bond motifs is 2. The Morgan fingerprint density at radius 2 is 1.81 bits per heavy atom. The van der Waals surface area contributed by atoms with Crippen molar-refractivity contribution in [3.63, 3.8) is 0 Å². The normalized spacial score (nSPS) is 17.0. The van der Waals surface area contributed by atoms with Gasteiger partial charge in [0.1, 0.15) is 11.6 Å². The average Bonchev–Trinajstić information content (AvgIpc) is 2.89. The first kappa shape index (κ1) is 12.7. The second-order valence-corrected chi connectivity index (χ2v) is 5.91. The predicted octanol–water partition coefficient (Wildman–Crippen LogP) is 3.73. The molecule has 0 spiro atoms. The van der Waals surface area contributed by atoms with Crippen LogP contribution in [0.3, 0.4) is 0 Å². The van der Waals surface area contributed by atoms with Crippen molar-refractivity contribution in [1.29, 1.82) is 0 Å². The van der Waals surface area contributed by atoms with Gasteiger partial charge in [0.05, 0.1) is 12.3 Å². The molecule has 2 nitrogen and oxygen atoms in total. The van der Waals surface area contributed by atoms with Gasteiger partial charge in [0.15, 0.2) is 0 Å². The predicted molar refractivity (Wildman–Crippen MR) is 81.5 cm³/mol. The van der Waals surface area contributed by atoms with E-state index in [-0.39, 0.29) is 5.82 Å². The first-order chi connectivity index (χ1) is 10.3. The van der Waals surface area contributed by atoms with E-state index in [1.807, 2.05) is 0 Å². The lowest BCUT2D eigenvalue weighted by atomic mass is 10.0. The Labute approximate surface area is 123 Å². The number of rotatable bonds is 2. The van der Waals surface area contributed by atoms with E-state index in [4.69, 9.17) is 4.74 Å². The van der Waals surface area contributed by atoms with Gasteiger partial charge in [0.25, 0.3) is 0 Å². The minimum atomic E-state index is -0.183. The van der Waals surface area contributed by atoms with Crippen molar-refractivity contribution in [2.75, 3.05) is 11.9 Å². The highest BCUT2D eigenvalue weighted by atomic mass is 19.1. The molecule has 0 atom stereocenters. The minimum Gasteiger partial charge on any atom is -0.491 e. The average molecular weight is 283 g/mol. The van der Waals surface area contributed by atoms with Gasteiger partial charge in [0, 0.05) is 12.1 Å². The summed E-state index contributed by atoms with van der Waals surface area (Å²) in [7, 11) is 0. The number of anilines is 1. The van der Waals surface area contributed by atoms with Gasteiger partial charge < -0.3 is 10.1 Å². The van der Waals surface area contributed by atoms with Crippen LogP contribution in [0.25, 0.3) is 0 Å². The molecule has 0 amide bonds. The zero-order valence-electron chi connectivity index (χ0n) is 11.9. The number of halogens is 1. The lowest BCUT2D eigenvalue weighted by Gasteiger charge is -2.23. The van der Waals surface area contributed by atoms with Crippen LogP contribution in [0.4, 0.5) is 10.1 Å². The molecule has 0 unspecified atom stereocenters. The van der Waals surface area contributed by atoms with Crippen LogP contribution in [0.15, 0.2) is 36.4 Å². The fourth-order valence-electron chi connectivity index (χ4n) is 3.43. The summed E-state index contributed by atoms with van der Waals surface area (Å²) in [5.41, 5.74) is 4.57. The topological polar surface area (TPSA) is 21.3 Å². The highest BCUT2D eigenvalue weighted by molar-refractivity contribution is 5.62. The monoisotopic (exact) mass is 283 g/mol. The molecule has 1 N–H and O–H groups in total. The van der Waals surface area contributed by atoms with Crippen LogP contribution in [-0.4, -0.2) is 12.6 Å². The van der Waals surface area contributed by atoms with Gasteiger partial charge in [-0.2, -0.15) is 0 Å². The maximum Gasteiger partial charge on any atom is 0.145 e. The standard InChI is InChI=1S/C18H18FNO/c19-15-8-14-6-3-7-21-18(14)17(11-15)20-16-9-12-4-1-2-5-13(12)10-16/h1-2,4-5,8,11,16,20H,3,6-7,9-10H2. The minimum absolute atomic E-state index is 0.183. The Morgan fingerprint density at radius 1 is 1.05 bits per heavy atom. The third kappa shape index (κ3) is 2.37. The summed E-state index contributed by atoms with van der Waals surface area (Å²) in [5.74, 6) is 0.663. The summed E-state index contributed by atoms with van der Waals surface area (Å²) < 4.78 is 19.6. The third-order valence-electron chi connectivity index (χ3n) is 4.38. The first-order valence-electron chi connectivity index (χ1n) is 7.58. The molecule has 0 bridgehead atoms. The molecule has 2 aliphatic rings. The molecule has 21 heavy (non-hydrogen) atoms. The van der Waals surface area contributed by atoms with Gasteiger partial charge in [-0.05, 0) is 48.4 Å². The van der Waals surface area contributed by atoms with Crippen LogP contribution >= 0.6 is 0 Å². The summed E-state index contributed by atoms with van der Waals surface area (Å²) in [6.07, 6.45) is 3.83. The van der Waals surface area contributed by atoms with Gasteiger partial charge in [0.2, 0.25) is 0 Å². The fourth-order valence-corrected chi connectivity index (χ4v) is 3.43. The van der Waals surface area contributed by atoms with E-state index in [0.29, 0.717) is 6.04 Å². The summed E-state index contributed by atoms with van der Waals surface area (Å²) >= 11 is 0. The van der Waals surface area contributed by atoms with Gasteiger partial charge in [-0.15, -0.1) is 0 Å². The van der Waals surface area contributed by atoms with Crippen LogP contribution in [0.2, 0.25) is 0 Å². The van der Waals surface area contributed by atoms with E-state index in [1.54, 1.807) is 12.1 Å². The summed E-state index contributed by atoms with van der Waals surface area (Å²) in [5, 5.41) is 3.49. The van der Waals surface area contributed by atoms with E-state index >= 15 is 0 Å². The van der Waals surface area contributed by atoms with Crippen LogP contribution in [0, 0.1) is 5.82 Å². The largest absolute Gasteiger partial charge is 0.491 e. The molecule has 0 radical (unpaired) electrons.